The Bertz CT molecular complexity index is 95.3. The molecule has 1 aliphatic carbocycles. The quantitative estimate of drug-likeness (QED) is 0.649. The fourth-order valence-corrected chi connectivity index (χ4v) is 0.289. The fraction of sp³-hybridized carbons (Fsp3) is 0.900. The minimum Gasteiger partial charge on any atom is -0.359 e. The summed E-state index contributed by atoms with van der Waals surface area (Å²) in [5.41, 5.74) is 0. The van der Waals surface area contributed by atoms with E-state index in [9.17, 15) is 4.79 Å². The standard InChI is InChI=1S/C5H11NO.C3H6.C2H6/c1-4(2)5(7)6-3;1-2-3-1;1-2/h4H,1-3H3,(H,6,7);1-3H2;1-2H3. The zero-order valence-electron chi connectivity index (χ0n) is 9.11. The highest BCUT2D eigenvalue weighted by Gasteiger charge is 2.00. The molecule has 0 radical (unpaired) electrons. The highest BCUT2D eigenvalue weighted by molar-refractivity contribution is 5.77. The second kappa shape index (κ2) is 10.5. The molecule has 1 N–H and O–H groups in total. The van der Waals surface area contributed by atoms with Crippen molar-refractivity contribution in [1.82, 2.24) is 5.32 Å². The van der Waals surface area contributed by atoms with E-state index in [2.05, 4.69) is 5.32 Å². The van der Waals surface area contributed by atoms with Crippen LogP contribution in [0.25, 0.3) is 0 Å². The van der Waals surface area contributed by atoms with Crippen LogP contribution in [0.4, 0.5) is 0 Å². The van der Waals surface area contributed by atoms with Gasteiger partial charge in [0.05, 0.1) is 0 Å². The molecule has 1 aliphatic rings. The van der Waals surface area contributed by atoms with E-state index in [1.165, 1.54) is 19.3 Å². The Morgan fingerprint density at radius 1 is 1.17 bits per heavy atom. The van der Waals surface area contributed by atoms with Gasteiger partial charge in [-0.2, -0.15) is 0 Å². The van der Waals surface area contributed by atoms with Crippen LogP contribution in [0, 0.1) is 5.92 Å². The van der Waals surface area contributed by atoms with Gasteiger partial charge in [-0.15, -0.1) is 0 Å². The highest BCUT2D eigenvalue weighted by atomic mass is 16.1. The molecule has 1 fully saturated rings. The van der Waals surface area contributed by atoms with Gasteiger partial charge in [0, 0.05) is 13.0 Å². The Morgan fingerprint density at radius 2 is 1.50 bits per heavy atom. The summed E-state index contributed by atoms with van der Waals surface area (Å²) in [6.07, 6.45) is 4.50. The van der Waals surface area contributed by atoms with E-state index < -0.39 is 0 Å². The van der Waals surface area contributed by atoms with Crippen molar-refractivity contribution in [2.45, 2.75) is 47.0 Å². The van der Waals surface area contributed by atoms with Crippen LogP contribution in [0.1, 0.15) is 47.0 Å². The number of hydrogen-bond acceptors (Lipinski definition) is 1. The molecular formula is C10H23NO. The normalized spacial score (nSPS) is 11.8. The molecule has 1 saturated carbocycles. The molecule has 0 aliphatic heterocycles. The van der Waals surface area contributed by atoms with Crippen molar-refractivity contribution in [3.8, 4) is 0 Å². The predicted molar refractivity (Wildman–Crippen MR) is 54.1 cm³/mol. The van der Waals surface area contributed by atoms with Crippen LogP contribution < -0.4 is 5.32 Å². The predicted octanol–water partition coefficient (Wildman–Crippen LogP) is 2.58. The first-order chi connectivity index (χ1) is 5.68. The van der Waals surface area contributed by atoms with Crippen LogP contribution >= 0.6 is 0 Å². The summed E-state index contributed by atoms with van der Waals surface area (Å²) >= 11 is 0. The summed E-state index contributed by atoms with van der Waals surface area (Å²) in [4.78, 5) is 10.4. The van der Waals surface area contributed by atoms with Crippen LogP contribution in [0.15, 0.2) is 0 Å². The molecular weight excluding hydrogens is 150 g/mol. The molecule has 2 nitrogen and oxygen atoms in total. The van der Waals surface area contributed by atoms with Gasteiger partial charge in [0.1, 0.15) is 0 Å². The Hall–Kier alpha value is -0.530. The summed E-state index contributed by atoms with van der Waals surface area (Å²) in [5.74, 6) is 0.213. The summed E-state index contributed by atoms with van der Waals surface area (Å²) in [5, 5.41) is 2.53. The van der Waals surface area contributed by atoms with Crippen molar-refractivity contribution in [2.24, 2.45) is 5.92 Å². The molecule has 0 bridgehead atoms. The second-order valence-corrected chi connectivity index (χ2v) is 2.83. The zero-order valence-corrected chi connectivity index (χ0v) is 9.11. The van der Waals surface area contributed by atoms with Gasteiger partial charge in [-0.3, -0.25) is 4.79 Å². The number of amides is 1. The average Bonchev–Trinajstić information content (AvgIpc) is 2.92. The number of hydrogen-bond donors (Lipinski definition) is 1. The average molecular weight is 173 g/mol. The summed E-state index contributed by atoms with van der Waals surface area (Å²) < 4.78 is 0. The molecule has 2 heteroatoms. The number of nitrogens with one attached hydrogen (secondary N) is 1. The third-order valence-corrected chi connectivity index (χ3v) is 1.12. The van der Waals surface area contributed by atoms with Crippen molar-refractivity contribution < 1.29 is 4.79 Å². The van der Waals surface area contributed by atoms with E-state index >= 15 is 0 Å². The van der Waals surface area contributed by atoms with Gasteiger partial charge in [-0.25, -0.2) is 0 Å². The van der Waals surface area contributed by atoms with E-state index in [0.717, 1.165) is 0 Å². The number of carbonyl (C=O) groups excluding carboxylic acids is 1. The third-order valence-electron chi connectivity index (χ3n) is 1.12. The lowest BCUT2D eigenvalue weighted by atomic mass is 10.2. The van der Waals surface area contributed by atoms with Crippen molar-refractivity contribution in [2.75, 3.05) is 7.05 Å². The smallest absolute Gasteiger partial charge is 0.222 e. The summed E-state index contributed by atoms with van der Waals surface area (Å²) in [7, 11) is 1.64. The molecule has 0 heterocycles. The molecule has 74 valence electrons. The van der Waals surface area contributed by atoms with E-state index in [-0.39, 0.29) is 11.8 Å². The summed E-state index contributed by atoms with van der Waals surface area (Å²) in [6, 6.07) is 0. The molecule has 0 atom stereocenters. The maximum Gasteiger partial charge on any atom is 0.222 e. The van der Waals surface area contributed by atoms with E-state index in [1.54, 1.807) is 7.05 Å². The van der Waals surface area contributed by atoms with Gasteiger partial charge >= 0.3 is 0 Å². The van der Waals surface area contributed by atoms with E-state index in [0.29, 0.717) is 0 Å². The number of rotatable bonds is 1. The van der Waals surface area contributed by atoms with Crippen molar-refractivity contribution >= 4 is 5.91 Å². The van der Waals surface area contributed by atoms with Gasteiger partial charge in [0.25, 0.3) is 0 Å². The van der Waals surface area contributed by atoms with Gasteiger partial charge < -0.3 is 5.32 Å². The van der Waals surface area contributed by atoms with Gasteiger partial charge in [0.15, 0.2) is 0 Å². The van der Waals surface area contributed by atoms with Crippen LogP contribution in [0.2, 0.25) is 0 Å². The topological polar surface area (TPSA) is 29.1 Å². The van der Waals surface area contributed by atoms with Crippen molar-refractivity contribution in [1.29, 1.82) is 0 Å². The van der Waals surface area contributed by atoms with Crippen LogP contribution in [-0.2, 0) is 4.79 Å². The molecule has 1 rings (SSSR count). The first-order valence-corrected chi connectivity index (χ1v) is 4.90. The Balaban J connectivity index is 0. The van der Waals surface area contributed by atoms with Crippen molar-refractivity contribution in [3.63, 3.8) is 0 Å². The second-order valence-electron chi connectivity index (χ2n) is 2.83. The third kappa shape index (κ3) is 16.2. The lowest BCUT2D eigenvalue weighted by molar-refractivity contribution is -0.123. The molecule has 12 heavy (non-hydrogen) atoms. The fourth-order valence-electron chi connectivity index (χ4n) is 0.289. The first kappa shape index (κ1) is 14.0. The summed E-state index contributed by atoms with van der Waals surface area (Å²) in [6.45, 7) is 7.72. The molecule has 0 aromatic rings. The minimum absolute atomic E-state index is 0.0972. The molecule has 0 unspecified atom stereocenters. The maximum absolute atomic E-state index is 10.4. The number of carbonyl (C=O) groups is 1. The van der Waals surface area contributed by atoms with Gasteiger partial charge in [-0.05, 0) is 0 Å². The lowest BCUT2D eigenvalue weighted by Gasteiger charge is -1.98. The zero-order chi connectivity index (χ0) is 9.98. The van der Waals surface area contributed by atoms with Gasteiger partial charge in [-0.1, -0.05) is 47.0 Å². The SMILES string of the molecule is C1CC1.CC.CNC(=O)C(C)C. The van der Waals surface area contributed by atoms with Crippen LogP contribution in [0.5, 0.6) is 0 Å². The molecule has 1 amide bonds. The molecule has 0 saturated heterocycles. The van der Waals surface area contributed by atoms with Crippen molar-refractivity contribution in [3.05, 3.63) is 0 Å². The molecule has 0 aromatic carbocycles. The first-order valence-electron chi connectivity index (χ1n) is 4.90. The Kier molecular flexibility index (Phi) is 12.2. The largest absolute Gasteiger partial charge is 0.359 e. The minimum atomic E-state index is 0.0972. The van der Waals surface area contributed by atoms with E-state index in [1.807, 2.05) is 27.7 Å². The Morgan fingerprint density at radius 3 is 1.50 bits per heavy atom. The van der Waals surface area contributed by atoms with Crippen LogP contribution in [0.3, 0.4) is 0 Å². The van der Waals surface area contributed by atoms with Gasteiger partial charge in [0.2, 0.25) is 5.91 Å². The van der Waals surface area contributed by atoms with E-state index in [4.69, 9.17) is 0 Å². The monoisotopic (exact) mass is 173 g/mol. The Labute approximate surface area is 76.7 Å². The molecule has 0 aromatic heterocycles. The van der Waals surface area contributed by atoms with Crippen LogP contribution in [-0.4, -0.2) is 13.0 Å². The lowest BCUT2D eigenvalue weighted by Crippen LogP contribution is -2.22. The maximum atomic E-state index is 10.4. The molecule has 0 spiro atoms. The highest BCUT2D eigenvalue weighted by Crippen LogP contribution is 2.14.